The van der Waals surface area contributed by atoms with Crippen LogP contribution in [-0.2, 0) is 14.2 Å². The van der Waals surface area contributed by atoms with Crippen LogP contribution < -0.4 is 0 Å². The van der Waals surface area contributed by atoms with E-state index in [-0.39, 0.29) is 18.3 Å². The van der Waals surface area contributed by atoms with E-state index in [2.05, 4.69) is 27.7 Å². The highest BCUT2D eigenvalue weighted by Gasteiger charge is 2.25. The molecule has 0 aromatic rings. The number of amides is 1. The van der Waals surface area contributed by atoms with Crippen molar-refractivity contribution in [1.29, 1.82) is 0 Å². The Labute approximate surface area is 276 Å². The second-order valence-electron chi connectivity index (χ2n) is 14.6. The molecule has 0 radical (unpaired) electrons. The van der Waals surface area contributed by atoms with Crippen molar-refractivity contribution >= 4 is 6.09 Å². The van der Waals surface area contributed by atoms with Gasteiger partial charge in [-0.2, -0.15) is 0 Å². The fourth-order valence-electron chi connectivity index (χ4n) is 5.63. The molecule has 264 valence electrons. The van der Waals surface area contributed by atoms with Gasteiger partial charge in [0.05, 0.1) is 17.8 Å². The third-order valence-corrected chi connectivity index (χ3v) is 9.11. The number of methoxy groups -OCH3 is 1. The van der Waals surface area contributed by atoms with E-state index in [9.17, 15) is 4.79 Å². The van der Waals surface area contributed by atoms with E-state index in [0.29, 0.717) is 6.61 Å². The second kappa shape index (κ2) is 29.6. The van der Waals surface area contributed by atoms with Crippen LogP contribution in [0.1, 0.15) is 202 Å². The Morgan fingerprint density at radius 1 is 0.523 bits per heavy atom. The molecule has 0 aromatic heterocycles. The maximum absolute atomic E-state index is 13.2. The van der Waals surface area contributed by atoms with E-state index >= 15 is 0 Å². The van der Waals surface area contributed by atoms with Crippen molar-refractivity contribution in [2.45, 2.75) is 213 Å². The first-order valence-electron chi connectivity index (χ1n) is 19.3. The average Bonchev–Trinajstić information content (AvgIpc) is 2.99. The zero-order valence-corrected chi connectivity index (χ0v) is 31.1. The third kappa shape index (κ3) is 28.6. The van der Waals surface area contributed by atoms with Gasteiger partial charge in [-0.25, -0.2) is 4.79 Å². The van der Waals surface area contributed by atoms with Gasteiger partial charge < -0.3 is 19.1 Å². The van der Waals surface area contributed by atoms with Crippen molar-refractivity contribution in [3.05, 3.63) is 0 Å². The van der Waals surface area contributed by atoms with Crippen molar-refractivity contribution in [3.8, 4) is 0 Å². The summed E-state index contributed by atoms with van der Waals surface area (Å²) in [5.41, 5.74) is -0.733. The summed E-state index contributed by atoms with van der Waals surface area (Å²) in [5, 5.41) is 0. The van der Waals surface area contributed by atoms with Gasteiger partial charge in [-0.15, -0.1) is 0 Å². The molecule has 0 unspecified atom stereocenters. The van der Waals surface area contributed by atoms with Gasteiger partial charge >= 0.3 is 6.09 Å². The number of carbonyl (C=O) groups is 1. The Morgan fingerprint density at radius 3 is 1.20 bits per heavy atom. The normalized spacial score (nSPS) is 12.2. The molecule has 5 nitrogen and oxygen atoms in total. The summed E-state index contributed by atoms with van der Waals surface area (Å²) in [5.74, 6) is 0. The van der Waals surface area contributed by atoms with Crippen LogP contribution in [0.2, 0.25) is 0 Å². The van der Waals surface area contributed by atoms with Gasteiger partial charge in [0.2, 0.25) is 0 Å². The molecule has 0 aliphatic heterocycles. The van der Waals surface area contributed by atoms with Gasteiger partial charge in [-0.05, 0) is 47.0 Å². The molecule has 0 heterocycles. The van der Waals surface area contributed by atoms with E-state index in [0.717, 1.165) is 32.4 Å². The van der Waals surface area contributed by atoms with Crippen molar-refractivity contribution in [2.75, 3.05) is 33.4 Å². The third-order valence-electron chi connectivity index (χ3n) is 9.11. The maximum Gasteiger partial charge on any atom is 0.409 e. The summed E-state index contributed by atoms with van der Waals surface area (Å²) in [6.07, 6.45) is 32.5. The Morgan fingerprint density at radius 2 is 0.864 bits per heavy atom. The fourth-order valence-corrected chi connectivity index (χ4v) is 5.63. The lowest BCUT2D eigenvalue weighted by Crippen LogP contribution is -2.39. The molecule has 0 saturated carbocycles. The van der Waals surface area contributed by atoms with Gasteiger partial charge in [0.15, 0.2) is 0 Å². The van der Waals surface area contributed by atoms with Crippen LogP contribution in [0.3, 0.4) is 0 Å². The molecular formula is C39H79NO4. The van der Waals surface area contributed by atoms with Crippen molar-refractivity contribution in [2.24, 2.45) is 0 Å². The van der Waals surface area contributed by atoms with Gasteiger partial charge in [0.25, 0.3) is 0 Å². The Bertz CT molecular complexity index is 593. The van der Waals surface area contributed by atoms with Crippen LogP contribution in [0.25, 0.3) is 0 Å². The largest absolute Gasteiger partial charge is 0.446 e. The lowest BCUT2D eigenvalue weighted by Gasteiger charge is -2.30. The van der Waals surface area contributed by atoms with Crippen LogP contribution in [0.15, 0.2) is 0 Å². The van der Waals surface area contributed by atoms with Crippen LogP contribution in [0, 0.1) is 0 Å². The molecule has 0 bridgehead atoms. The molecule has 0 aliphatic carbocycles. The fraction of sp³-hybridized carbons (Fsp3) is 0.974. The number of hydrogen-bond donors (Lipinski definition) is 0. The first-order chi connectivity index (χ1) is 21.2. The Balaban J connectivity index is 4.38. The van der Waals surface area contributed by atoms with Crippen molar-refractivity contribution in [1.82, 2.24) is 4.90 Å². The number of unbranched alkanes of at least 4 members (excludes halogenated alkanes) is 22. The van der Waals surface area contributed by atoms with E-state index in [4.69, 9.17) is 14.2 Å². The van der Waals surface area contributed by atoms with Crippen LogP contribution in [0.4, 0.5) is 4.79 Å². The number of ether oxygens (including phenoxy) is 3. The molecular weight excluding hydrogens is 546 g/mol. The summed E-state index contributed by atoms with van der Waals surface area (Å²) in [7, 11) is 1.73. The highest BCUT2D eigenvalue weighted by molar-refractivity contribution is 5.67. The minimum atomic E-state index is -0.517. The molecule has 0 saturated heterocycles. The van der Waals surface area contributed by atoms with Gasteiger partial charge in [0.1, 0.15) is 6.61 Å². The monoisotopic (exact) mass is 626 g/mol. The van der Waals surface area contributed by atoms with Crippen LogP contribution >= 0.6 is 0 Å². The number of hydrogen-bond acceptors (Lipinski definition) is 4. The predicted molar refractivity (Wildman–Crippen MR) is 191 cm³/mol. The number of nitrogens with zero attached hydrogens (tertiary/aromatic N) is 1. The molecule has 0 atom stereocenters. The van der Waals surface area contributed by atoms with Gasteiger partial charge in [-0.3, -0.25) is 0 Å². The lowest BCUT2D eigenvalue weighted by atomic mass is 10.0. The second-order valence-corrected chi connectivity index (χ2v) is 14.6. The van der Waals surface area contributed by atoms with Crippen LogP contribution in [-0.4, -0.2) is 55.6 Å². The Hall–Kier alpha value is -0.810. The predicted octanol–water partition coefficient (Wildman–Crippen LogP) is 12.4. The molecule has 0 rings (SSSR count). The minimum Gasteiger partial charge on any atom is -0.446 e. The van der Waals surface area contributed by atoms with Gasteiger partial charge in [-0.1, -0.05) is 155 Å². The molecule has 0 N–H and O–H groups in total. The highest BCUT2D eigenvalue weighted by atomic mass is 16.6. The molecule has 44 heavy (non-hydrogen) atoms. The molecule has 1 amide bonds. The SMILES string of the molecule is CCCCCCCCCCCCCCN(CCCCCCCCCCCCCC)C(=O)OCC(C)(C)OCCC(C)(C)OC. The molecule has 5 heteroatoms. The summed E-state index contributed by atoms with van der Waals surface area (Å²) in [6.45, 7) is 15.1. The smallest absolute Gasteiger partial charge is 0.409 e. The van der Waals surface area contributed by atoms with E-state index in [1.54, 1.807) is 7.11 Å². The quantitative estimate of drug-likeness (QED) is 0.0681. The summed E-state index contributed by atoms with van der Waals surface area (Å²) >= 11 is 0. The van der Waals surface area contributed by atoms with E-state index in [1.165, 1.54) is 141 Å². The van der Waals surface area contributed by atoms with E-state index < -0.39 is 5.60 Å². The topological polar surface area (TPSA) is 48.0 Å². The lowest BCUT2D eigenvalue weighted by molar-refractivity contribution is -0.0834. The minimum absolute atomic E-state index is 0.176. The molecule has 0 aliphatic rings. The first kappa shape index (κ1) is 43.2. The van der Waals surface area contributed by atoms with Crippen molar-refractivity contribution < 1.29 is 19.0 Å². The number of rotatable bonds is 33. The van der Waals surface area contributed by atoms with E-state index in [1.807, 2.05) is 18.7 Å². The highest BCUT2D eigenvalue weighted by Crippen LogP contribution is 2.18. The summed E-state index contributed by atoms with van der Waals surface area (Å²) < 4.78 is 17.4. The Kier molecular flexibility index (Phi) is 29.0. The standard InChI is InChI=1S/C39H79NO4/c1-8-10-12-14-16-18-20-22-24-26-28-30-33-40(34-31-29-27-25-23-21-19-17-15-13-11-9-2)37(41)43-36-39(5,6)44-35-32-38(3,4)42-7/h8-36H2,1-7H3. The van der Waals surface area contributed by atoms with Gasteiger partial charge in [0, 0.05) is 20.2 Å². The molecule has 0 spiro atoms. The summed E-state index contributed by atoms with van der Waals surface area (Å²) in [6, 6.07) is 0. The van der Waals surface area contributed by atoms with Crippen LogP contribution in [0.5, 0.6) is 0 Å². The van der Waals surface area contributed by atoms with Crippen molar-refractivity contribution in [3.63, 3.8) is 0 Å². The first-order valence-corrected chi connectivity index (χ1v) is 19.3. The molecule has 0 fully saturated rings. The zero-order chi connectivity index (χ0) is 32.8. The summed E-state index contributed by atoms with van der Waals surface area (Å²) in [4.78, 5) is 15.1. The maximum atomic E-state index is 13.2. The average molecular weight is 626 g/mol. The molecule has 0 aromatic carbocycles. The zero-order valence-electron chi connectivity index (χ0n) is 31.1. The number of carbonyl (C=O) groups excluding carboxylic acids is 1.